The molecule has 4 heteroatoms. The first-order valence-corrected chi connectivity index (χ1v) is 7.36. The molecule has 0 saturated heterocycles. The van der Waals surface area contributed by atoms with Crippen molar-refractivity contribution in [3.63, 3.8) is 0 Å². The van der Waals surface area contributed by atoms with Crippen molar-refractivity contribution in [1.82, 2.24) is 9.47 Å². The van der Waals surface area contributed by atoms with E-state index in [2.05, 4.69) is 33.8 Å². The van der Waals surface area contributed by atoms with Crippen LogP contribution in [0.5, 0.6) is 0 Å². The van der Waals surface area contributed by atoms with Gasteiger partial charge in [-0.15, -0.1) is 0 Å². The number of halogens is 1. The minimum Gasteiger partial charge on any atom is -0.312 e. The summed E-state index contributed by atoms with van der Waals surface area (Å²) >= 11 is 3.40. The Labute approximate surface area is 111 Å². The van der Waals surface area contributed by atoms with Gasteiger partial charge in [-0.3, -0.25) is 9.69 Å². The van der Waals surface area contributed by atoms with Gasteiger partial charge in [-0.25, -0.2) is 0 Å². The van der Waals surface area contributed by atoms with Crippen LogP contribution in [0.1, 0.15) is 30.7 Å². The zero-order valence-corrected chi connectivity index (χ0v) is 12.1. The van der Waals surface area contributed by atoms with Crippen LogP contribution in [-0.2, 0) is 24.8 Å². The molecule has 2 heterocycles. The second-order valence-corrected chi connectivity index (χ2v) is 5.00. The van der Waals surface area contributed by atoms with Gasteiger partial charge in [0.05, 0.1) is 0 Å². The highest BCUT2D eigenvalue weighted by molar-refractivity contribution is 9.08. The topological polar surface area (TPSA) is 25.2 Å². The van der Waals surface area contributed by atoms with Crippen LogP contribution in [0.15, 0.2) is 10.9 Å². The molecule has 0 saturated carbocycles. The molecule has 1 aliphatic heterocycles. The fourth-order valence-electron chi connectivity index (χ4n) is 2.54. The molecule has 0 aromatic carbocycles. The van der Waals surface area contributed by atoms with E-state index in [1.165, 1.54) is 11.3 Å². The zero-order chi connectivity index (χ0) is 12.4. The average Bonchev–Trinajstić information content (AvgIpc) is 2.37. The average molecular weight is 299 g/mol. The molecular formula is C13H19BrN2O. The lowest BCUT2D eigenvalue weighted by atomic mass is 10.0. The van der Waals surface area contributed by atoms with Crippen LogP contribution in [-0.4, -0.2) is 22.6 Å². The van der Waals surface area contributed by atoms with Crippen LogP contribution in [0.4, 0.5) is 0 Å². The molecule has 0 spiro atoms. The van der Waals surface area contributed by atoms with Crippen LogP contribution >= 0.6 is 15.9 Å². The highest BCUT2D eigenvalue weighted by Gasteiger charge is 2.19. The highest BCUT2D eigenvalue weighted by Crippen LogP contribution is 2.19. The Hall–Kier alpha value is -0.610. The van der Waals surface area contributed by atoms with E-state index in [0.29, 0.717) is 5.33 Å². The van der Waals surface area contributed by atoms with E-state index in [0.717, 1.165) is 38.2 Å². The van der Waals surface area contributed by atoms with E-state index in [1.807, 2.05) is 11.5 Å². The summed E-state index contributed by atoms with van der Waals surface area (Å²) in [6, 6.07) is 2.08. The molecule has 0 atom stereocenters. The van der Waals surface area contributed by atoms with Crippen LogP contribution in [0.3, 0.4) is 0 Å². The Bertz CT molecular complexity index is 467. The Morgan fingerprint density at radius 1 is 1.35 bits per heavy atom. The summed E-state index contributed by atoms with van der Waals surface area (Å²) in [4.78, 5) is 14.6. The predicted molar refractivity (Wildman–Crippen MR) is 73.7 cm³/mol. The number of hydrogen-bond donors (Lipinski definition) is 0. The second kappa shape index (κ2) is 5.36. The summed E-state index contributed by atoms with van der Waals surface area (Å²) in [5, 5.41) is 0.644. The summed E-state index contributed by atoms with van der Waals surface area (Å²) in [5.41, 5.74) is 3.62. The molecule has 0 aliphatic carbocycles. The summed E-state index contributed by atoms with van der Waals surface area (Å²) in [6.45, 7) is 8.13. The van der Waals surface area contributed by atoms with Gasteiger partial charge in [-0.1, -0.05) is 22.9 Å². The van der Waals surface area contributed by atoms with Gasteiger partial charge in [0.25, 0.3) is 5.56 Å². The van der Waals surface area contributed by atoms with Crippen molar-refractivity contribution in [1.29, 1.82) is 0 Å². The molecule has 0 N–H and O–H groups in total. The number of rotatable bonds is 3. The van der Waals surface area contributed by atoms with E-state index >= 15 is 0 Å². The van der Waals surface area contributed by atoms with Gasteiger partial charge >= 0.3 is 0 Å². The molecular weight excluding hydrogens is 280 g/mol. The van der Waals surface area contributed by atoms with Gasteiger partial charge in [0, 0.05) is 42.6 Å². The number of alkyl halides is 1. The van der Waals surface area contributed by atoms with Crippen LogP contribution < -0.4 is 5.56 Å². The molecule has 0 fully saturated rings. The number of aromatic nitrogens is 1. The quantitative estimate of drug-likeness (QED) is 0.799. The minimum absolute atomic E-state index is 0.174. The predicted octanol–water partition coefficient (Wildman–Crippen LogP) is 2.14. The summed E-state index contributed by atoms with van der Waals surface area (Å²) in [5.74, 6) is 0. The van der Waals surface area contributed by atoms with Gasteiger partial charge in [0.15, 0.2) is 0 Å². The number of nitrogens with zero attached hydrogens (tertiary/aromatic N) is 2. The van der Waals surface area contributed by atoms with E-state index in [9.17, 15) is 4.79 Å². The zero-order valence-electron chi connectivity index (χ0n) is 10.5. The number of fused-ring (bicyclic) bond motifs is 1. The van der Waals surface area contributed by atoms with Gasteiger partial charge in [-0.2, -0.15) is 0 Å². The molecule has 17 heavy (non-hydrogen) atoms. The molecule has 0 unspecified atom stereocenters. The fourth-order valence-corrected chi connectivity index (χ4v) is 2.94. The fraction of sp³-hybridized carbons (Fsp3) is 0.615. The van der Waals surface area contributed by atoms with E-state index in [1.54, 1.807) is 0 Å². The maximum absolute atomic E-state index is 12.2. The van der Waals surface area contributed by atoms with Crippen molar-refractivity contribution in [2.75, 3.05) is 13.1 Å². The monoisotopic (exact) mass is 298 g/mol. The minimum atomic E-state index is 0.174. The molecule has 2 rings (SSSR count). The molecule has 1 aromatic heterocycles. The van der Waals surface area contributed by atoms with Crippen molar-refractivity contribution in [3.05, 3.63) is 33.2 Å². The molecule has 94 valence electrons. The third-order valence-electron chi connectivity index (χ3n) is 3.53. The second-order valence-electron chi connectivity index (χ2n) is 4.44. The molecule has 3 nitrogen and oxygen atoms in total. The number of likely N-dealkylation sites (N-methyl/N-ethyl adjacent to an activating group) is 1. The standard InChI is InChI=1S/C13H19BrN2O/c1-3-15-6-5-12-11(9-15)7-10(8-14)13(17)16(12)4-2/h7H,3-6,8-9H2,1-2H3. The van der Waals surface area contributed by atoms with Crippen molar-refractivity contribution in [2.24, 2.45) is 0 Å². The van der Waals surface area contributed by atoms with Gasteiger partial charge < -0.3 is 4.57 Å². The van der Waals surface area contributed by atoms with Crippen molar-refractivity contribution < 1.29 is 0 Å². The van der Waals surface area contributed by atoms with Crippen LogP contribution in [0.25, 0.3) is 0 Å². The Morgan fingerprint density at radius 3 is 2.71 bits per heavy atom. The largest absolute Gasteiger partial charge is 0.312 e. The first-order chi connectivity index (χ1) is 8.21. The molecule has 0 radical (unpaired) electrons. The van der Waals surface area contributed by atoms with E-state index in [-0.39, 0.29) is 5.56 Å². The van der Waals surface area contributed by atoms with Crippen molar-refractivity contribution in [2.45, 2.75) is 38.7 Å². The van der Waals surface area contributed by atoms with Gasteiger partial charge in [0.1, 0.15) is 0 Å². The molecule has 1 aliphatic rings. The summed E-state index contributed by atoms with van der Waals surface area (Å²) in [6.07, 6.45) is 0.995. The molecule has 0 bridgehead atoms. The van der Waals surface area contributed by atoms with Crippen LogP contribution in [0, 0.1) is 0 Å². The summed E-state index contributed by atoms with van der Waals surface area (Å²) < 4.78 is 1.94. The first-order valence-electron chi connectivity index (χ1n) is 6.24. The van der Waals surface area contributed by atoms with Crippen molar-refractivity contribution in [3.8, 4) is 0 Å². The lowest BCUT2D eigenvalue weighted by Gasteiger charge is -2.29. The summed E-state index contributed by atoms with van der Waals surface area (Å²) in [7, 11) is 0. The molecule has 1 aromatic rings. The third-order valence-corrected chi connectivity index (χ3v) is 4.14. The van der Waals surface area contributed by atoms with Crippen molar-refractivity contribution >= 4 is 15.9 Å². The SMILES string of the molecule is CCN1CCc2c(cc(CBr)c(=O)n2CC)C1. The Morgan fingerprint density at radius 2 is 2.12 bits per heavy atom. The van der Waals surface area contributed by atoms with Crippen LogP contribution in [0.2, 0.25) is 0 Å². The Balaban J connectivity index is 2.52. The number of hydrogen-bond acceptors (Lipinski definition) is 2. The van der Waals surface area contributed by atoms with Gasteiger partial charge in [-0.05, 0) is 25.1 Å². The van der Waals surface area contributed by atoms with E-state index in [4.69, 9.17) is 0 Å². The maximum Gasteiger partial charge on any atom is 0.254 e. The lowest BCUT2D eigenvalue weighted by molar-refractivity contribution is 0.261. The normalized spacial score (nSPS) is 15.9. The van der Waals surface area contributed by atoms with Gasteiger partial charge in [0.2, 0.25) is 0 Å². The smallest absolute Gasteiger partial charge is 0.254 e. The number of pyridine rings is 1. The lowest BCUT2D eigenvalue weighted by Crippen LogP contribution is -2.36. The maximum atomic E-state index is 12.2. The first kappa shape index (κ1) is 12.8. The molecule has 0 amide bonds. The Kier molecular flexibility index (Phi) is 4.05. The van der Waals surface area contributed by atoms with E-state index < -0.39 is 0 Å². The highest BCUT2D eigenvalue weighted by atomic mass is 79.9. The third kappa shape index (κ3) is 2.33.